The van der Waals surface area contributed by atoms with E-state index in [-0.39, 0.29) is 11.6 Å². The Balaban J connectivity index is 1.87. The Morgan fingerprint density at radius 3 is 2.67 bits per heavy atom. The first-order chi connectivity index (χ1) is 11.6. The van der Waals surface area contributed by atoms with Crippen molar-refractivity contribution < 1.29 is 18.7 Å². The molecule has 6 heteroatoms. The van der Waals surface area contributed by atoms with Crippen LogP contribution < -0.4 is 5.32 Å². The molecule has 1 heterocycles. The quantitative estimate of drug-likeness (QED) is 0.501. The lowest BCUT2D eigenvalue weighted by molar-refractivity contribution is -0.144. The van der Waals surface area contributed by atoms with Crippen molar-refractivity contribution in [2.24, 2.45) is 0 Å². The highest BCUT2D eigenvalue weighted by Gasteiger charge is 2.15. The lowest BCUT2D eigenvalue weighted by Gasteiger charge is -2.14. The van der Waals surface area contributed by atoms with Gasteiger partial charge in [0.25, 0.3) is 5.91 Å². The number of carbonyl (C=O) groups is 2. The van der Waals surface area contributed by atoms with Crippen molar-refractivity contribution in [1.82, 2.24) is 5.32 Å². The Morgan fingerprint density at radius 1 is 1.29 bits per heavy atom. The molecule has 6 nitrogen and oxygen atoms in total. The first kappa shape index (κ1) is 17.0. The molecule has 0 aliphatic heterocycles. The van der Waals surface area contributed by atoms with Gasteiger partial charge in [0.1, 0.15) is 17.4 Å². The standard InChI is InChI=1S/C18H16N2O4/c1-13(14-6-3-2-4-7-14)20-17(21)12-24-18(22)15(11-19)10-16-8-5-9-23-16/h2-10,13H,12H2,1H3,(H,20,21)/b15-10+/t13-/m0/s1. The minimum atomic E-state index is -0.878. The highest BCUT2D eigenvalue weighted by molar-refractivity contribution is 5.98. The van der Waals surface area contributed by atoms with Crippen molar-refractivity contribution in [2.45, 2.75) is 13.0 Å². The van der Waals surface area contributed by atoms with Gasteiger partial charge in [-0.3, -0.25) is 4.79 Å². The normalized spacial score (nSPS) is 12.1. The fraction of sp³-hybridized carbons (Fsp3) is 0.167. The Hall–Kier alpha value is -3.33. The number of nitriles is 1. The molecule has 2 aromatic rings. The third kappa shape index (κ3) is 4.85. The van der Waals surface area contributed by atoms with E-state index in [2.05, 4.69) is 5.32 Å². The molecule has 1 N–H and O–H groups in total. The molecule has 0 radical (unpaired) electrons. The molecule has 1 atom stereocenters. The topological polar surface area (TPSA) is 92.3 Å². The fourth-order valence-electron chi connectivity index (χ4n) is 1.97. The smallest absolute Gasteiger partial charge is 0.349 e. The minimum absolute atomic E-state index is 0.216. The highest BCUT2D eigenvalue weighted by atomic mass is 16.5. The Bertz CT molecular complexity index is 758. The van der Waals surface area contributed by atoms with Crippen molar-refractivity contribution in [1.29, 1.82) is 5.26 Å². The van der Waals surface area contributed by atoms with Gasteiger partial charge in [0.15, 0.2) is 6.61 Å². The van der Waals surface area contributed by atoms with Crippen LogP contribution in [0.5, 0.6) is 0 Å². The molecular formula is C18H16N2O4. The Labute approximate surface area is 139 Å². The van der Waals surface area contributed by atoms with E-state index >= 15 is 0 Å². The molecule has 0 aliphatic rings. The van der Waals surface area contributed by atoms with Crippen LogP contribution in [0.2, 0.25) is 0 Å². The van der Waals surface area contributed by atoms with Crippen LogP contribution in [0.3, 0.4) is 0 Å². The first-order valence-corrected chi connectivity index (χ1v) is 7.27. The van der Waals surface area contributed by atoms with Crippen LogP contribution in [-0.4, -0.2) is 18.5 Å². The number of hydrogen-bond acceptors (Lipinski definition) is 5. The number of furan rings is 1. The number of esters is 1. The van der Waals surface area contributed by atoms with E-state index in [0.29, 0.717) is 5.76 Å². The number of hydrogen-bond donors (Lipinski definition) is 1. The molecule has 1 aromatic heterocycles. The molecular weight excluding hydrogens is 308 g/mol. The van der Waals surface area contributed by atoms with E-state index in [1.54, 1.807) is 18.2 Å². The number of carbonyl (C=O) groups excluding carboxylic acids is 2. The van der Waals surface area contributed by atoms with Gasteiger partial charge in [-0.25, -0.2) is 4.79 Å². The van der Waals surface area contributed by atoms with Gasteiger partial charge in [0.05, 0.1) is 12.3 Å². The van der Waals surface area contributed by atoms with Crippen LogP contribution in [-0.2, 0) is 14.3 Å². The zero-order chi connectivity index (χ0) is 17.4. The number of nitrogens with zero attached hydrogens (tertiary/aromatic N) is 1. The maximum Gasteiger partial charge on any atom is 0.349 e. The average Bonchev–Trinajstić information content (AvgIpc) is 3.11. The van der Waals surface area contributed by atoms with E-state index in [4.69, 9.17) is 14.4 Å². The van der Waals surface area contributed by atoms with E-state index in [1.807, 2.05) is 37.3 Å². The van der Waals surface area contributed by atoms with Crippen LogP contribution in [0.15, 0.2) is 58.7 Å². The van der Waals surface area contributed by atoms with E-state index in [9.17, 15) is 9.59 Å². The summed E-state index contributed by atoms with van der Waals surface area (Å²) in [6.07, 6.45) is 2.68. The zero-order valence-corrected chi connectivity index (χ0v) is 13.1. The summed E-state index contributed by atoms with van der Waals surface area (Å²) in [4.78, 5) is 23.7. The summed E-state index contributed by atoms with van der Waals surface area (Å²) in [5.41, 5.74) is 0.696. The minimum Gasteiger partial charge on any atom is -0.465 e. The number of benzene rings is 1. The average molecular weight is 324 g/mol. The Morgan fingerprint density at radius 2 is 2.04 bits per heavy atom. The Kier molecular flexibility index (Phi) is 5.92. The van der Waals surface area contributed by atoms with E-state index in [1.165, 1.54) is 12.3 Å². The van der Waals surface area contributed by atoms with Gasteiger partial charge in [0, 0.05) is 6.08 Å². The van der Waals surface area contributed by atoms with E-state index in [0.717, 1.165) is 5.56 Å². The molecule has 122 valence electrons. The maximum absolute atomic E-state index is 11.8. The van der Waals surface area contributed by atoms with Gasteiger partial charge in [-0.1, -0.05) is 30.3 Å². The molecule has 1 aromatic carbocycles. The summed E-state index contributed by atoms with van der Waals surface area (Å²) >= 11 is 0. The van der Waals surface area contributed by atoms with E-state index < -0.39 is 18.5 Å². The van der Waals surface area contributed by atoms with Crippen LogP contribution in [0.1, 0.15) is 24.3 Å². The number of amides is 1. The van der Waals surface area contributed by atoms with Gasteiger partial charge in [0.2, 0.25) is 0 Å². The van der Waals surface area contributed by atoms with Gasteiger partial charge >= 0.3 is 5.97 Å². The summed E-state index contributed by atoms with van der Waals surface area (Å²) in [5.74, 6) is -0.975. The molecule has 24 heavy (non-hydrogen) atoms. The lowest BCUT2D eigenvalue weighted by atomic mass is 10.1. The molecule has 1 amide bonds. The molecule has 0 unspecified atom stereocenters. The molecule has 2 rings (SSSR count). The predicted molar refractivity (Wildman–Crippen MR) is 86.3 cm³/mol. The lowest BCUT2D eigenvalue weighted by Crippen LogP contribution is -2.31. The molecule has 0 saturated carbocycles. The van der Waals surface area contributed by atoms with Crippen LogP contribution in [0, 0.1) is 11.3 Å². The van der Waals surface area contributed by atoms with Crippen LogP contribution in [0.4, 0.5) is 0 Å². The highest BCUT2D eigenvalue weighted by Crippen LogP contribution is 2.11. The SMILES string of the molecule is C[C@H](NC(=O)COC(=O)/C(C#N)=C/c1ccco1)c1ccccc1. The predicted octanol–water partition coefficient (Wildman–Crippen LogP) is 2.61. The maximum atomic E-state index is 11.8. The van der Waals surface area contributed by atoms with Gasteiger partial charge in [-0.05, 0) is 24.6 Å². The molecule has 0 fully saturated rings. The number of ether oxygens (including phenoxy) is 1. The summed E-state index contributed by atoms with van der Waals surface area (Å²) in [6.45, 7) is 1.36. The largest absolute Gasteiger partial charge is 0.465 e. The van der Waals surface area contributed by atoms with Crippen molar-refractivity contribution in [3.8, 4) is 6.07 Å². The summed E-state index contributed by atoms with van der Waals surface area (Å²) in [5, 5.41) is 11.7. The second kappa shape index (κ2) is 8.34. The second-order valence-corrected chi connectivity index (χ2v) is 4.96. The summed E-state index contributed by atoms with van der Waals surface area (Å²) in [6, 6.07) is 14.1. The fourth-order valence-corrected chi connectivity index (χ4v) is 1.97. The summed E-state index contributed by atoms with van der Waals surface area (Å²) in [7, 11) is 0. The molecule has 0 saturated heterocycles. The summed E-state index contributed by atoms with van der Waals surface area (Å²) < 4.78 is 9.89. The van der Waals surface area contributed by atoms with Crippen LogP contribution in [0.25, 0.3) is 6.08 Å². The van der Waals surface area contributed by atoms with Crippen molar-refractivity contribution in [2.75, 3.05) is 6.61 Å². The van der Waals surface area contributed by atoms with Crippen LogP contribution >= 0.6 is 0 Å². The molecule has 0 spiro atoms. The second-order valence-electron chi connectivity index (χ2n) is 4.96. The first-order valence-electron chi connectivity index (χ1n) is 7.27. The monoisotopic (exact) mass is 324 g/mol. The third-order valence-corrected chi connectivity index (χ3v) is 3.18. The van der Waals surface area contributed by atoms with Crippen molar-refractivity contribution in [3.05, 3.63) is 65.6 Å². The number of nitrogens with one attached hydrogen (secondary N) is 1. The van der Waals surface area contributed by atoms with Gasteiger partial charge in [-0.15, -0.1) is 0 Å². The third-order valence-electron chi connectivity index (χ3n) is 3.18. The van der Waals surface area contributed by atoms with Gasteiger partial charge in [-0.2, -0.15) is 5.26 Å². The van der Waals surface area contributed by atoms with Gasteiger partial charge < -0.3 is 14.5 Å². The van der Waals surface area contributed by atoms with Crippen molar-refractivity contribution in [3.63, 3.8) is 0 Å². The molecule has 0 bridgehead atoms. The molecule has 0 aliphatic carbocycles. The zero-order valence-electron chi connectivity index (χ0n) is 13.1. The number of rotatable bonds is 6. The van der Waals surface area contributed by atoms with Crippen molar-refractivity contribution >= 4 is 18.0 Å².